The standard InChI is InChI=1S/C17H22O5/c1-10-5-6-12(11(2)18)7-13-8-17(9-14(10)13,15(19)21-3)16(20)22-4/h6,13-14H,1,5,7-9H2,2-4H3. The van der Waals surface area contributed by atoms with Crippen molar-refractivity contribution >= 4 is 17.7 Å². The number of carbonyl (C=O) groups excluding carboxylic acids is 3. The van der Waals surface area contributed by atoms with Crippen molar-refractivity contribution in [2.24, 2.45) is 17.3 Å². The summed E-state index contributed by atoms with van der Waals surface area (Å²) in [5, 5.41) is 0. The molecule has 0 radical (unpaired) electrons. The Kier molecular flexibility index (Phi) is 4.54. The Balaban J connectivity index is 2.37. The molecule has 0 aliphatic heterocycles. The van der Waals surface area contributed by atoms with Gasteiger partial charge in [0.15, 0.2) is 11.2 Å². The number of hydrogen-bond donors (Lipinski definition) is 0. The number of esters is 2. The highest BCUT2D eigenvalue weighted by molar-refractivity contribution is 6.00. The lowest BCUT2D eigenvalue weighted by molar-refractivity contribution is -0.169. The third kappa shape index (κ3) is 2.60. The van der Waals surface area contributed by atoms with E-state index in [1.165, 1.54) is 21.1 Å². The van der Waals surface area contributed by atoms with Gasteiger partial charge >= 0.3 is 11.9 Å². The second kappa shape index (κ2) is 6.07. The number of rotatable bonds is 3. The van der Waals surface area contributed by atoms with Crippen LogP contribution in [0.3, 0.4) is 0 Å². The first-order valence-corrected chi connectivity index (χ1v) is 7.40. The van der Waals surface area contributed by atoms with Gasteiger partial charge in [-0.2, -0.15) is 0 Å². The van der Waals surface area contributed by atoms with E-state index in [9.17, 15) is 14.4 Å². The fourth-order valence-corrected chi connectivity index (χ4v) is 3.77. The molecule has 2 rings (SSSR count). The molecule has 2 unspecified atom stereocenters. The number of allylic oxidation sites excluding steroid dienone is 3. The smallest absolute Gasteiger partial charge is 0.323 e. The minimum absolute atomic E-state index is 0.0197. The fraction of sp³-hybridized carbons (Fsp3) is 0.588. The summed E-state index contributed by atoms with van der Waals surface area (Å²) in [5.74, 6) is -1.04. The maximum absolute atomic E-state index is 12.3. The van der Waals surface area contributed by atoms with Gasteiger partial charge in [-0.15, -0.1) is 0 Å². The molecule has 1 saturated carbocycles. The van der Waals surface area contributed by atoms with E-state index in [1.54, 1.807) is 0 Å². The summed E-state index contributed by atoms with van der Waals surface area (Å²) in [7, 11) is 2.55. The Bertz CT molecular complexity index is 541. The number of ketones is 1. The van der Waals surface area contributed by atoms with Gasteiger partial charge in [0.25, 0.3) is 0 Å². The normalized spacial score (nSPS) is 26.5. The molecule has 0 heterocycles. The first-order valence-electron chi connectivity index (χ1n) is 7.40. The lowest BCUT2D eigenvalue weighted by Gasteiger charge is -2.23. The van der Waals surface area contributed by atoms with Gasteiger partial charge in [-0.05, 0) is 50.0 Å². The number of fused-ring (bicyclic) bond motifs is 1. The molecule has 5 heteroatoms. The molecule has 0 amide bonds. The van der Waals surface area contributed by atoms with Crippen LogP contribution in [0.1, 0.15) is 32.6 Å². The molecule has 120 valence electrons. The second-order valence-electron chi connectivity index (χ2n) is 6.19. The van der Waals surface area contributed by atoms with Crippen molar-refractivity contribution in [3.8, 4) is 0 Å². The van der Waals surface area contributed by atoms with Gasteiger partial charge in [0.1, 0.15) is 0 Å². The predicted octanol–water partition coefficient (Wildman–Crippen LogP) is 2.21. The largest absolute Gasteiger partial charge is 0.468 e. The van der Waals surface area contributed by atoms with Gasteiger partial charge in [0.05, 0.1) is 14.2 Å². The highest BCUT2D eigenvalue weighted by atomic mass is 16.5. The van der Waals surface area contributed by atoms with Gasteiger partial charge < -0.3 is 9.47 Å². The van der Waals surface area contributed by atoms with E-state index >= 15 is 0 Å². The summed E-state index contributed by atoms with van der Waals surface area (Å²) in [4.78, 5) is 36.2. The van der Waals surface area contributed by atoms with Gasteiger partial charge in [0, 0.05) is 0 Å². The Labute approximate surface area is 130 Å². The molecule has 0 spiro atoms. The average Bonchev–Trinajstić information content (AvgIpc) is 2.82. The van der Waals surface area contributed by atoms with Crippen molar-refractivity contribution in [3.05, 3.63) is 23.8 Å². The molecular formula is C17H22O5. The number of Topliss-reactive ketones (excluding diaryl/α,β-unsaturated/α-hetero) is 1. The van der Waals surface area contributed by atoms with Crippen LogP contribution in [0.2, 0.25) is 0 Å². The molecule has 5 nitrogen and oxygen atoms in total. The second-order valence-corrected chi connectivity index (χ2v) is 6.19. The van der Waals surface area contributed by atoms with E-state index in [4.69, 9.17) is 9.47 Å². The molecule has 2 aliphatic rings. The quantitative estimate of drug-likeness (QED) is 0.454. The minimum Gasteiger partial charge on any atom is -0.468 e. The lowest BCUT2D eigenvalue weighted by Crippen LogP contribution is -2.39. The van der Waals surface area contributed by atoms with Crippen LogP contribution >= 0.6 is 0 Å². The number of hydrogen-bond acceptors (Lipinski definition) is 5. The molecule has 1 fully saturated rings. The van der Waals surface area contributed by atoms with Gasteiger partial charge in [0.2, 0.25) is 0 Å². The molecule has 0 aromatic rings. The predicted molar refractivity (Wildman–Crippen MR) is 79.8 cm³/mol. The molecule has 2 atom stereocenters. The van der Waals surface area contributed by atoms with Crippen molar-refractivity contribution in [2.45, 2.75) is 32.6 Å². The molecule has 0 saturated heterocycles. The number of ether oxygens (including phenoxy) is 2. The summed E-state index contributed by atoms with van der Waals surface area (Å²) in [5.41, 5.74) is 0.427. The van der Waals surface area contributed by atoms with Crippen LogP contribution < -0.4 is 0 Å². The zero-order valence-electron chi connectivity index (χ0n) is 13.3. The van der Waals surface area contributed by atoms with Crippen LogP contribution in [0.25, 0.3) is 0 Å². The van der Waals surface area contributed by atoms with Crippen molar-refractivity contribution < 1.29 is 23.9 Å². The zero-order valence-corrected chi connectivity index (χ0v) is 13.3. The lowest BCUT2D eigenvalue weighted by atomic mass is 9.83. The Morgan fingerprint density at radius 1 is 1.18 bits per heavy atom. The van der Waals surface area contributed by atoms with Crippen LogP contribution in [0.15, 0.2) is 23.8 Å². The van der Waals surface area contributed by atoms with E-state index < -0.39 is 17.4 Å². The summed E-state index contributed by atoms with van der Waals surface area (Å²) < 4.78 is 9.71. The van der Waals surface area contributed by atoms with Crippen LogP contribution in [0.5, 0.6) is 0 Å². The molecule has 22 heavy (non-hydrogen) atoms. The average molecular weight is 306 g/mol. The van der Waals surface area contributed by atoms with Crippen LogP contribution in [-0.2, 0) is 23.9 Å². The van der Waals surface area contributed by atoms with Crippen molar-refractivity contribution in [3.63, 3.8) is 0 Å². The molecule has 0 aromatic heterocycles. The van der Waals surface area contributed by atoms with Crippen molar-refractivity contribution in [1.29, 1.82) is 0 Å². The first-order chi connectivity index (χ1) is 10.4. The Morgan fingerprint density at radius 3 is 2.27 bits per heavy atom. The summed E-state index contributed by atoms with van der Waals surface area (Å²) >= 11 is 0. The van der Waals surface area contributed by atoms with Crippen LogP contribution in [-0.4, -0.2) is 31.9 Å². The summed E-state index contributed by atoms with van der Waals surface area (Å²) in [6, 6.07) is 0. The van der Waals surface area contributed by atoms with E-state index in [2.05, 4.69) is 6.58 Å². The monoisotopic (exact) mass is 306 g/mol. The van der Waals surface area contributed by atoms with Gasteiger partial charge in [-0.25, -0.2) is 0 Å². The van der Waals surface area contributed by atoms with Crippen LogP contribution in [0.4, 0.5) is 0 Å². The topological polar surface area (TPSA) is 69.7 Å². The van der Waals surface area contributed by atoms with E-state index in [1.807, 2.05) is 6.08 Å². The molecule has 0 N–H and O–H groups in total. The highest BCUT2D eigenvalue weighted by Crippen LogP contribution is 2.53. The van der Waals surface area contributed by atoms with Crippen molar-refractivity contribution in [2.75, 3.05) is 14.2 Å². The first kappa shape index (κ1) is 16.5. The van der Waals surface area contributed by atoms with Gasteiger partial charge in [-0.1, -0.05) is 18.2 Å². The van der Waals surface area contributed by atoms with E-state index in [0.717, 1.165) is 11.1 Å². The molecule has 0 aromatic carbocycles. The third-order valence-electron chi connectivity index (χ3n) is 4.97. The van der Waals surface area contributed by atoms with E-state index in [-0.39, 0.29) is 17.6 Å². The third-order valence-corrected chi connectivity index (χ3v) is 4.97. The van der Waals surface area contributed by atoms with Crippen LogP contribution in [0, 0.1) is 17.3 Å². The zero-order chi connectivity index (χ0) is 16.5. The minimum atomic E-state index is -1.28. The summed E-state index contributed by atoms with van der Waals surface area (Å²) in [6.45, 7) is 5.63. The van der Waals surface area contributed by atoms with Crippen molar-refractivity contribution in [1.82, 2.24) is 0 Å². The molecule has 2 aliphatic carbocycles. The number of methoxy groups -OCH3 is 2. The highest BCUT2D eigenvalue weighted by Gasteiger charge is 2.57. The Hall–Kier alpha value is -1.91. The Morgan fingerprint density at radius 2 is 1.77 bits per heavy atom. The maximum Gasteiger partial charge on any atom is 0.323 e. The molecular weight excluding hydrogens is 284 g/mol. The van der Waals surface area contributed by atoms with E-state index in [0.29, 0.717) is 25.7 Å². The SMILES string of the molecule is C=C1CC=C(C(C)=O)CC2CC(C(=O)OC)(C(=O)OC)CC12. The number of carbonyl (C=O) groups is 3. The molecule has 0 bridgehead atoms. The fourth-order valence-electron chi connectivity index (χ4n) is 3.77. The summed E-state index contributed by atoms with van der Waals surface area (Å²) in [6.07, 6.45) is 3.76. The van der Waals surface area contributed by atoms with Gasteiger partial charge in [-0.3, -0.25) is 14.4 Å². The maximum atomic E-state index is 12.3.